The average Bonchev–Trinajstić information content (AvgIpc) is 3.32. The Hall–Kier alpha value is -1.55. The van der Waals surface area contributed by atoms with Crippen molar-refractivity contribution in [2.45, 2.75) is 32.1 Å². The Balaban J connectivity index is 0.00000341. The number of halogens is 1. The van der Waals surface area contributed by atoms with Gasteiger partial charge in [0, 0.05) is 52.9 Å². The Bertz CT molecular complexity index is 698. The third kappa shape index (κ3) is 7.52. The number of amides is 1. The number of nitrogens with zero attached hydrogens (tertiary/aromatic N) is 4. The second-order valence-electron chi connectivity index (χ2n) is 8.29. The molecule has 8 heteroatoms. The van der Waals surface area contributed by atoms with Gasteiger partial charge in [-0.3, -0.25) is 14.7 Å². The number of benzene rings is 1. The summed E-state index contributed by atoms with van der Waals surface area (Å²) in [6.45, 7) is 9.18. The molecule has 1 unspecified atom stereocenters. The van der Waals surface area contributed by atoms with Crippen LogP contribution in [0.2, 0.25) is 0 Å². The summed E-state index contributed by atoms with van der Waals surface area (Å²) in [5, 5.41) is 3.52. The zero-order valence-corrected chi connectivity index (χ0v) is 21.5. The van der Waals surface area contributed by atoms with E-state index in [9.17, 15) is 4.79 Å². The SMILES string of the molecule is CN=C(NCCC(C)c1ccc(OC)cc1)N1CCN(CC(=O)N2CCCC2)CC1.I. The predicted octanol–water partition coefficient (Wildman–Crippen LogP) is 2.62. The summed E-state index contributed by atoms with van der Waals surface area (Å²) in [7, 11) is 3.54. The van der Waals surface area contributed by atoms with Gasteiger partial charge in [-0.25, -0.2) is 0 Å². The van der Waals surface area contributed by atoms with Gasteiger partial charge in [0.15, 0.2) is 5.96 Å². The van der Waals surface area contributed by atoms with Crippen LogP contribution in [0.15, 0.2) is 29.3 Å². The molecule has 0 aromatic heterocycles. The Morgan fingerprint density at radius 2 is 1.71 bits per heavy atom. The van der Waals surface area contributed by atoms with E-state index >= 15 is 0 Å². The van der Waals surface area contributed by atoms with E-state index < -0.39 is 0 Å². The van der Waals surface area contributed by atoms with Crippen LogP contribution in [0.5, 0.6) is 5.75 Å². The molecule has 7 nitrogen and oxygen atoms in total. The number of methoxy groups -OCH3 is 1. The van der Waals surface area contributed by atoms with Crippen LogP contribution < -0.4 is 10.1 Å². The molecule has 1 N–H and O–H groups in total. The first-order chi connectivity index (χ1) is 14.6. The lowest BCUT2D eigenvalue weighted by atomic mass is 9.98. The first-order valence-electron chi connectivity index (χ1n) is 11.2. The maximum absolute atomic E-state index is 12.4. The molecule has 2 saturated heterocycles. The molecular formula is C23H38IN5O2. The molecule has 0 bridgehead atoms. The van der Waals surface area contributed by atoms with Gasteiger partial charge in [0.05, 0.1) is 13.7 Å². The summed E-state index contributed by atoms with van der Waals surface area (Å²) < 4.78 is 5.24. The highest BCUT2D eigenvalue weighted by atomic mass is 127. The van der Waals surface area contributed by atoms with Gasteiger partial charge in [0.1, 0.15) is 5.75 Å². The van der Waals surface area contributed by atoms with Gasteiger partial charge in [-0.2, -0.15) is 0 Å². The molecule has 0 saturated carbocycles. The number of piperazine rings is 1. The number of carbonyl (C=O) groups excluding carboxylic acids is 1. The number of guanidine groups is 1. The number of rotatable bonds is 7. The highest BCUT2D eigenvalue weighted by Gasteiger charge is 2.24. The Morgan fingerprint density at radius 3 is 2.29 bits per heavy atom. The quantitative estimate of drug-likeness (QED) is 0.326. The minimum absolute atomic E-state index is 0. The standard InChI is InChI=1S/C23H37N5O2.HI/c1-19(20-6-8-21(30-3)9-7-20)10-11-25-23(24-2)28-16-14-26(15-17-28)18-22(29)27-12-4-5-13-27;/h6-9,19H,4-5,10-18H2,1-3H3,(H,24,25);1H. The normalized spacial score (nSPS) is 18.5. The van der Waals surface area contributed by atoms with Crippen molar-refractivity contribution < 1.29 is 9.53 Å². The van der Waals surface area contributed by atoms with Crippen LogP contribution in [0, 0.1) is 0 Å². The van der Waals surface area contributed by atoms with Crippen LogP contribution in [0.4, 0.5) is 0 Å². The number of carbonyl (C=O) groups is 1. The van der Waals surface area contributed by atoms with Gasteiger partial charge in [-0.1, -0.05) is 19.1 Å². The third-order valence-corrected chi connectivity index (χ3v) is 6.25. The predicted molar refractivity (Wildman–Crippen MR) is 137 cm³/mol. The van der Waals surface area contributed by atoms with Crippen LogP contribution in [0.3, 0.4) is 0 Å². The van der Waals surface area contributed by atoms with Crippen LogP contribution in [-0.4, -0.2) is 93.1 Å². The fraction of sp³-hybridized carbons (Fsp3) is 0.652. The number of likely N-dealkylation sites (tertiary alicyclic amines) is 1. The van der Waals surface area contributed by atoms with E-state index in [1.54, 1.807) is 7.11 Å². The average molecular weight is 543 g/mol. The van der Waals surface area contributed by atoms with Crippen molar-refractivity contribution in [3.63, 3.8) is 0 Å². The topological polar surface area (TPSA) is 60.4 Å². The van der Waals surface area contributed by atoms with Gasteiger partial charge in [0.2, 0.25) is 5.91 Å². The fourth-order valence-electron chi connectivity index (χ4n) is 4.21. The van der Waals surface area contributed by atoms with E-state index in [-0.39, 0.29) is 29.9 Å². The summed E-state index contributed by atoms with van der Waals surface area (Å²) in [5.41, 5.74) is 1.32. The summed E-state index contributed by atoms with van der Waals surface area (Å²) in [6, 6.07) is 8.32. The van der Waals surface area contributed by atoms with Crippen LogP contribution in [0.1, 0.15) is 37.7 Å². The smallest absolute Gasteiger partial charge is 0.236 e. The lowest BCUT2D eigenvalue weighted by molar-refractivity contribution is -0.131. The number of nitrogens with one attached hydrogen (secondary N) is 1. The minimum Gasteiger partial charge on any atom is -0.497 e. The zero-order valence-electron chi connectivity index (χ0n) is 19.2. The van der Waals surface area contributed by atoms with Crippen molar-refractivity contribution >= 4 is 35.8 Å². The summed E-state index contributed by atoms with van der Waals surface area (Å²) in [5.74, 6) is 2.61. The van der Waals surface area contributed by atoms with Crippen LogP contribution in [-0.2, 0) is 4.79 Å². The van der Waals surface area contributed by atoms with Crippen LogP contribution in [0.25, 0.3) is 0 Å². The van der Waals surface area contributed by atoms with E-state index in [1.807, 2.05) is 24.1 Å². The largest absolute Gasteiger partial charge is 0.497 e. The van der Waals surface area contributed by atoms with Gasteiger partial charge < -0.3 is 19.9 Å². The van der Waals surface area contributed by atoms with Gasteiger partial charge in [-0.15, -0.1) is 24.0 Å². The number of aliphatic imine (C=N–C) groups is 1. The minimum atomic E-state index is 0. The number of ether oxygens (including phenoxy) is 1. The molecule has 2 heterocycles. The Kier molecular flexibility index (Phi) is 10.9. The molecule has 174 valence electrons. The van der Waals surface area contributed by atoms with Crippen molar-refractivity contribution in [1.82, 2.24) is 20.0 Å². The lowest BCUT2D eigenvalue weighted by Crippen LogP contribution is -2.54. The van der Waals surface area contributed by atoms with Crippen molar-refractivity contribution in [3.05, 3.63) is 29.8 Å². The molecule has 2 aliphatic rings. The monoisotopic (exact) mass is 543 g/mol. The van der Waals surface area contributed by atoms with Gasteiger partial charge in [0.25, 0.3) is 0 Å². The van der Waals surface area contributed by atoms with Crippen molar-refractivity contribution in [2.75, 3.05) is 66.5 Å². The first kappa shape index (κ1) is 25.7. The highest BCUT2D eigenvalue weighted by molar-refractivity contribution is 14.0. The number of hydrogen-bond acceptors (Lipinski definition) is 4. The van der Waals surface area contributed by atoms with Crippen molar-refractivity contribution in [2.24, 2.45) is 4.99 Å². The maximum Gasteiger partial charge on any atom is 0.236 e. The van der Waals surface area contributed by atoms with E-state index in [4.69, 9.17) is 4.74 Å². The van der Waals surface area contributed by atoms with E-state index in [2.05, 4.69) is 39.2 Å². The second-order valence-corrected chi connectivity index (χ2v) is 8.29. The Morgan fingerprint density at radius 1 is 1.06 bits per heavy atom. The zero-order chi connectivity index (χ0) is 21.3. The molecule has 31 heavy (non-hydrogen) atoms. The molecule has 0 spiro atoms. The molecule has 1 aromatic carbocycles. The first-order valence-corrected chi connectivity index (χ1v) is 11.2. The molecular weight excluding hydrogens is 505 g/mol. The third-order valence-electron chi connectivity index (χ3n) is 6.25. The summed E-state index contributed by atoms with van der Waals surface area (Å²) in [6.07, 6.45) is 3.34. The molecule has 1 amide bonds. The highest BCUT2D eigenvalue weighted by Crippen LogP contribution is 2.21. The van der Waals surface area contributed by atoms with E-state index in [0.29, 0.717) is 12.5 Å². The van der Waals surface area contributed by atoms with Gasteiger partial charge in [-0.05, 0) is 42.9 Å². The summed E-state index contributed by atoms with van der Waals surface area (Å²) >= 11 is 0. The van der Waals surface area contributed by atoms with Crippen molar-refractivity contribution in [1.29, 1.82) is 0 Å². The second kappa shape index (κ2) is 13.1. The molecule has 1 atom stereocenters. The number of hydrogen-bond donors (Lipinski definition) is 1. The fourth-order valence-corrected chi connectivity index (χ4v) is 4.21. The molecule has 0 radical (unpaired) electrons. The van der Waals surface area contributed by atoms with Crippen LogP contribution >= 0.6 is 24.0 Å². The molecule has 2 fully saturated rings. The van der Waals surface area contributed by atoms with E-state index in [0.717, 1.165) is 76.8 Å². The Labute approximate surface area is 204 Å². The maximum atomic E-state index is 12.4. The van der Waals surface area contributed by atoms with Gasteiger partial charge >= 0.3 is 0 Å². The summed E-state index contributed by atoms with van der Waals surface area (Å²) in [4.78, 5) is 23.4. The lowest BCUT2D eigenvalue weighted by Gasteiger charge is -2.36. The molecule has 0 aliphatic carbocycles. The molecule has 2 aliphatic heterocycles. The molecule has 3 rings (SSSR count). The van der Waals surface area contributed by atoms with E-state index in [1.165, 1.54) is 5.56 Å². The van der Waals surface area contributed by atoms with Crippen molar-refractivity contribution in [3.8, 4) is 5.75 Å². The molecule has 1 aromatic rings.